The molecular weight excluding hydrogens is 148 g/mol. The van der Waals surface area contributed by atoms with Gasteiger partial charge in [0.15, 0.2) is 0 Å². The van der Waals surface area contributed by atoms with Crippen molar-refractivity contribution in [3.8, 4) is 0 Å². The van der Waals surface area contributed by atoms with Crippen LogP contribution in [0.3, 0.4) is 0 Å². The van der Waals surface area contributed by atoms with Crippen molar-refractivity contribution < 1.29 is 4.79 Å². The number of carbonyl (C=O) groups is 1. The summed E-state index contributed by atoms with van der Waals surface area (Å²) < 4.78 is 0. The summed E-state index contributed by atoms with van der Waals surface area (Å²) in [5.41, 5.74) is 0.506. The Morgan fingerprint density at radius 1 is 1.58 bits per heavy atom. The minimum Gasteiger partial charge on any atom is -0.303 e. The van der Waals surface area contributed by atoms with Crippen LogP contribution >= 0.6 is 0 Å². The molecule has 2 fully saturated rings. The van der Waals surface area contributed by atoms with Crippen LogP contribution in [0.15, 0.2) is 0 Å². The summed E-state index contributed by atoms with van der Waals surface area (Å²) in [6.45, 7) is 4.75. The Morgan fingerprint density at radius 3 is 2.75 bits per heavy atom. The number of hydrogen-bond donors (Lipinski definition) is 0. The van der Waals surface area contributed by atoms with E-state index in [4.69, 9.17) is 0 Å². The van der Waals surface area contributed by atoms with Gasteiger partial charge in [0.2, 0.25) is 0 Å². The summed E-state index contributed by atoms with van der Waals surface area (Å²) in [6.07, 6.45) is 6.04. The molecule has 0 spiro atoms. The van der Waals surface area contributed by atoms with Crippen molar-refractivity contribution in [1.82, 2.24) is 0 Å². The highest BCUT2D eigenvalue weighted by molar-refractivity contribution is 5.50. The van der Waals surface area contributed by atoms with Crippen LogP contribution < -0.4 is 0 Å². The van der Waals surface area contributed by atoms with Crippen molar-refractivity contribution in [2.45, 2.75) is 39.5 Å². The first-order valence-corrected chi connectivity index (χ1v) is 5.12. The van der Waals surface area contributed by atoms with Crippen LogP contribution in [0.5, 0.6) is 0 Å². The first-order chi connectivity index (χ1) is 5.68. The zero-order chi connectivity index (χ0) is 8.77. The molecule has 0 amide bonds. The normalized spacial score (nSPS) is 51.3. The zero-order valence-corrected chi connectivity index (χ0v) is 8.05. The number of hydrogen-bond acceptors (Lipinski definition) is 1. The second-order valence-corrected chi connectivity index (χ2v) is 4.95. The van der Waals surface area contributed by atoms with E-state index in [1.54, 1.807) is 0 Å². The van der Waals surface area contributed by atoms with E-state index in [1.807, 2.05) is 0 Å². The molecule has 2 aliphatic carbocycles. The van der Waals surface area contributed by atoms with Gasteiger partial charge in [-0.15, -0.1) is 0 Å². The lowest BCUT2D eigenvalue weighted by molar-refractivity contribution is -0.109. The first kappa shape index (κ1) is 8.28. The molecule has 2 saturated carbocycles. The predicted molar refractivity (Wildman–Crippen MR) is 48.8 cm³/mol. The Labute approximate surface area is 74.5 Å². The highest BCUT2D eigenvalue weighted by Crippen LogP contribution is 2.61. The van der Waals surface area contributed by atoms with E-state index < -0.39 is 0 Å². The SMILES string of the molecule is CC1CC2CCC1(C)C2CC=O. The lowest BCUT2D eigenvalue weighted by Gasteiger charge is -2.31. The first-order valence-electron chi connectivity index (χ1n) is 5.12. The summed E-state index contributed by atoms with van der Waals surface area (Å²) in [6, 6.07) is 0. The molecule has 4 unspecified atom stereocenters. The molecule has 0 aliphatic heterocycles. The van der Waals surface area contributed by atoms with Gasteiger partial charge in [-0.2, -0.15) is 0 Å². The van der Waals surface area contributed by atoms with E-state index in [-0.39, 0.29) is 0 Å². The van der Waals surface area contributed by atoms with Gasteiger partial charge < -0.3 is 4.79 Å². The smallest absolute Gasteiger partial charge is 0.120 e. The molecule has 1 nitrogen and oxygen atoms in total. The van der Waals surface area contributed by atoms with Crippen LogP contribution in [0.2, 0.25) is 0 Å². The van der Waals surface area contributed by atoms with Gasteiger partial charge in [0.05, 0.1) is 0 Å². The standard InChI is InChI=1S/C11H18O/c1-8-7-9-3-5-11(8,2)10(9)4-6-12/h6,8-10H,3-5,7H2,1-2H3. The quantitative estimate of drug-likeness (QED) is 0.576. The molecule has 4 atom stereocenters. The van der Waals surface area contributed by atoms with Gasteiger partial charge in [-0.1, -0.05) is 13.8 Å². The van der Waals surface area contributed by atoms with Gasteiger partial charge in [0.1, 0.15) is 6.29 Å². The molecule has 0 aromatic carbocycles. The van der Waals surface area contributed by atoms with Gasteiger partial charge in [-0.25, -0.2) is 0 Å². The van der Waals surface area contributed by atoms with Crippen LogP contribution in [0, 0.1) is 23.2 Å². The molecule has 1 heteroatoms. The van der Waals surface area contributed by atoms with Gasteiger partial charge >= 0.3 is 0 Å². The van der Waals surface area contributed by atoms with Gasteiger partial charge in [-0.05, 0) is 42.4 Å². The highest BCUT2D eigenvalue weighted by atomic mass is 16.1. The minimum absolute atomic E-state index is 0.506. The third-order valence-corrected chi connectivity index (χ3v) is 4.60. The molecule has 0 aromatic rings. The Hall–Kier alpha value is -0.330. The van der Waals surface area contributed by atoms with E-state index >= 15 is 0 Å². The Balaban J connectivity index is 2.20. The fourth-order valence-corrected chi connectivity index (χ4v) is 3.60. The number of carbonyl (C=O) groups excluding carboxylic acids is 1. The molecule has 0 heterocycles. The average Bonchev–Trinajstić information content (AvgIpc) is 2.43. The van der Waals surface area contributed by atoms with E-state index in [9.17, 15) is 4.79 Å². The summed E-state index contributed by atoms with van der Waals surface area (Å²) in [4.78, 5) is 10.5. The van der Waals surface area contributed by atoms with Crippen LogP contribution in [0.4, 0.5) is 0 Å². The van der Waals surface area contributed by atoms with Crippen LogP contribution in [-0.2, 0) is 4.79 Å². The summed E-state index contributed by atoms with van der Waals surface area (Å²) in [7, 11) is 0. The monoisotopic (exact) mass is 166 g/mol. The lowest BCUT2D eigenvalue weighted by Crippen LogP contribution is -2.24. The Morgan fingerprint density at radius 2 is 2.33 bits per heavy atom. The van der Waals surface area contributed by atoms with E-state index in [0.717, 1.165) is 24.5 Å². The molecule has 0 aromatic heterocycles. The number of rotatable bonds is 2. The van der Waals surface area contributed by atoms with Crippen molar-refractivity contribution >= 4 is 6.29 Å². The van der Waals surface area contributed by atoms with Crippen molar-refractivity contribution in [1.29, 1.82) is 0 Å². The number of aldehydes is 1. The van der Waals surface area contributed by atoms with E-state index in [0.29, 0.717) is 11.3 Å². The lowest BCUT2D eigenvalue weighted by atomic mass is 9.73. The molecule has 0 saturated heterocycles. The summed E-state index contributed by atoms with van der Waals surface area (Å²) >= 11 is 0. The van der Waals surface area contributed by atoms with Crippen molar-refractivity contribution in [2.24, 2.45) is 23.2 Å². The average molecular weight is 166 g/mol. The number of fused-ring (bicyclic) bond motifs is 2. The molecule has 2 bridgehead atoms. The Bertz CT molecular complexity index is 199. The van der Waals surface area contributed by atoms with Gasteiger partial charge in [0.25, 0.3) is 0 Å². The summed E-state index contributed by atoms with van der Waals surface area (Å²) in [5, 5.41) is 0. The third-order valence-electron chi connectivity index (χ3n) is 4.60. The molecule has 0 radical (unpaired) electrons. The van der Waals surface area contributed by atoms with Gasteiger partial charge in [-0.3, -0.25) is 0 Å². The third kappa shape index (κ3) is 0.884. The van der Waals surface area contributed by atoms with Crippen LogP contribution in [0.1, 0.15) is 39.5 Å². The highest BCUT2D eigenvalue weighted by Gasteiger charge is 2.53. The fourth-order valence-electron chi connectivity index (χ4n) is 3.60. The molecule has 12 heavy (non-hydrogen) atoms. The van der Waals surface area contributed by atoms with Gasteiger partial charge in [0, 0.05) is 6.42 Å². The topological polar surface area (TPSA) is 17.1 Å². The maximum Gasteiger partial charge on any atom is 0.120 e. The largest absolute Gasteiger partial charge is 0.303 e. The molecule has 2 aliphatic rings. The fraction of sp³-hybridized carbons (Fsp3) is 0.909. The van der Waals surface area contributed by atoms with E-state index in [1.165, 1.54) is 19.3 Å². The molecule has 2 rings (SSSR count). The summed E-state index contributed by atoms with van der Waals surface area (Å²) in [5.74, 6) is 2.43. The maximum atomic E-state index is 10.5. The van der Waals surface area contributed by atoms with Crippen molar-refractivity contribution in [2.75, 3.05) is 0 Å². The molecule has 0 N–H and O–H groups in total. The zero-order valence-electron chi connectivity index (χ0n) is 8.05. The molecule has 68 valence electrons. The minimum atomic E-state index is 0.506. The van der Waals surface area contributed by atoms with E-state index in [2.05, 4.69) is 13.8 Å². The second-order valence-electron chi connectivity index (χ2n) is 4.95. The molecular formula is C11H18O. The maximum absolute atomic E-state index is 10.5. The Kier molecular flexibility index (Phi) is 1.78. The second kappa shape index (κ2) is 2.58. The van der Waals surface area contributed by atoms with Crippen molar-refractivity contribution in [3.05, 3.63) is 0 Å². The van der Waals surface area contributed by atoms with Crippen molar-refractivity contribution in [3.63, 3.8) is 0 Å². The van der Waals surface area contributed by atoms with Crippen LogP contribution in [-0.4, -0.2) is 6.29 Å². The predicted octanol–water partition coefficient (Wildman–Crippen LogP) is 2.65. The van der Waals surface area contributed by atoms with Crippen LogP contribution in [0.25, 0.3) is 0 Å².